The molecule has 11 heteroatoms. The highest BCUT2D eigenvalue weighted by molar-refractivity contribution is 9.10. The van der Waals surface area contributed by atoms with Crippen LogP contribution in [0.1, 0.15) is 5.56 Å². The van der Waals surface area contributed by atoms with Crippen molar-refractivity contribution in [2.45, 2.75) is 5.16 Å². The van der Waals surface area contributed by atoms with Crippen molar-refractivity contribution in [2.75, 3.05) is 27.1 Å². The molecule has 9 nitrogen and oxygen atoms in total. The van der Waals surface area contributed by atoms with Gasteiger partial charge in [-0.3, -0.25) is 9.36 Å². The molecule has 0 atom stereocenters. The summed E-state index contributed by atoms with van der Waals surface area (Å²) in [5.74, 6) is 2.05. The number of carbonyl (C=O) groups is 1. The number of thioether (sulfide) groups is 1. The number of rotatable bonds is 10. The van der Waals surface area contributed by atoms with Crippen LogP contribution in [0.4, 0.5) is 0 Å². The van der Waals surface area contributed by atoms with Gasteiger partial charge in [-0.2, -0.15) is 5.10 Å². The van der Waals surface area contributed by atoms with Gasteiger partial charge in [0.2, 0.25) is 0 Å². The highest BCUT2D eigenvalue weighted by atomic mass is 79.9. The number of amides is 1. The third-order valence-electron chi connectivity index (χ3n) is 5.21. The molecule has 190 valence electrons. The predicted octanol–water partition coefficient (Wildman–Crippen LogP) is 4.97. The van der Waals surface area contributed by atoms with Crippen molar-refractivity contribution in [3.63, 3.8) is 0 Å². The fourth-order valence-electron chi connectivity index (χ4n) is 3.45. The van der Waals surface area contributed by atoms with Crippen LogP contribution in [-0.2, 0) is 4.79 Å². The van der Waals surface area contributed by atoms with Gasteiger partial charge >= 0.3 is 0 Å². The van der Waals surface area contributed by atoms with Gasteiger partial charge in [0.05, 0.1) is 33.3 Å². The second kappa shape index (κ2) is 12.4. The number of hydrazone groups is 1. The Morgan fingerprint density at radius 1 is 0.973 bits per heavy atom. The van der Waals surface area contributed by atoms with E-state index in [1.54, 1.807) is 33.5 Å². The minimum absolute atomic E-state index is 0.0890. The van der Waals surface area contributed by atoms with E-state index in [-0.39, 0.29) is 11.7 Å². The topological polar surface area (TPSA) is 99.9 Å². The number of ether oxygens (including phenoxy) is 3. The second-order valence-electron chi connectivity index (χ2n) is 7.52. The number of nitrogens with zero attached hydrogens (tertiary/aromatic N) is 4. The molecule has 4 aromatic rings. The number of methoxy groups -OCH3 is 3. The van der Waals surface area contributed by atoms with Crippen molar-refractivity contribution in [1.29, 1.82) is 0 Å². The highest BCUT2D eigenvalue weighted by Gasteiger charge is 2.17. The van der Waals surface area contributed by atoms with Gasteiger partial charge in [-0.1, -0.05) is 58.0 Å². The van der Waals surface area contributed by atoms with Gasteiger partial charge in [-0.05, 0) is 30.3 Å². The molecule has 3 aromatic carbocycles. The first-order valence-electron chi connectivity index (χ1n) is 11.1. The van der Waals surface area contributed by atoms with E-state index >= 15 is 0 Å². The lowest BCUT2D eigenvalue weighted by atomic mass is 10.2. The van der Waals surface area contributed by atoms with E-state index in [1.165, 1.54) is 18.0 Å². The predicted molar refractivity (Wildman–Crippen MR) is 147 cm³/mol. The number of para-hydroxylation sites is 1. The summed E-state index contributed by atoms with van der Waals surface area (Å²) in [7, 11) is 4.63. The lowest BCUT2D eigenvalue weighted by Crippen LogP contribution is -2.20. The molecule has 0 aliphatic heterocycles. The van der Waals surface area contributed by atoms with E-state index in [0.29, 0.717) is 33.8 Å². The molecule has 0 saturated heterocycles. The molecule has 1 aromatic heterocycles. The Morgan fingerprint density at radius 2 is 1.65 bits per heavy atom. The maximum absolute atomic E-state index is 12.6. The van der Waals surface area contributed by atoms with E-state index in [4.69, 9.17) is 14.2 Å². The van der Waals surface area contributed by atoms with Gasteiger partial charge in [-0.15, -0.1) is 10.2 Å². The molecule has 1 amide bonds. The maximum Gasteiger partial charge on any atom is 0.250 e. The fourth-order valence-corrected chi connectivity index (χ4v) is 4.46. The molecule has 0 unspecified atom stereocenters. The minimum Gasteiger partial charge on any atom is -0.496 e. The quantitative estimate of drug-likeness (QED) is 0.160. The van der Waals surface area contributed by atoms with Crippen LogP contribution in [0.5, 0.6) is 17.2 Å². The van der Waals surface area contributed by atoms with Gasteiger partial charge in [-0.25, -0.2) is 5.43 Å². The first-order chi connectivity index (χ1) is 18.0. The number of hydrogen-bond donors (Lipinski definition) is 1. The molecule has 0 spiro atoms. The second-order valence-corrected chi connectivity index (χ2v) is 9.37. The lowest BCUT2D eigenvalue weighted by Gasteiger charge is -2.11. The average molecular weight is 582 g/mol. The van der Waals surface area contributed by atoms with Crippen LogP contribution in [0.3, 0.4) is 0 Å². The number of nitrogens with one attached hydrogen (secondary N) is 1. The van der Waals surface area contributed by atoms with Crippen LogP contribution in [0.15, 0.2) is 81.5 Å². The van der Waals surface area contributed by atoms with Crippen LogP contribution in [0, 0.1) is 0 Å². The molecule has 37 heavy (non-hydrogen) atoms. The van der Waals surface area contributed by atoms with Crippen LogP contribution < -0.4 is 19.6 Å². The van der Waals surface area contributed by atoms with Crippen LogP contribution in [0.2, 0.25) is 0 Å². The number of aromatic nitrogens is 3. The van der Waals surface area contributed by atoms with Crippen molar-refractivity contribution in [1.82, 2.24) is 20.2 Å². The largest absolute Gasteiger partial charge is 0.496 e. The van der Waals surface area contributed by atoms with Gasteiger partial charge in [0.1, 0.15) is 5.75 Å². The monoisotopic (exact) mass is 581 g/mol. The standard InChI is InChI=1S/C26H24BrN5O4S/c1-34-21-14-23(36-3)22(35-2)13-18(21)15-28-29-24(33)16-37-26-31-30-25(17-9-11-19(27)12-10-17)32(26)20-7-5-4-6-8-20/h4-15H,16H2,1-3H3,(H,29,33). The summed E-state index contributed by atoms with van der Waals surface area (Å²) in [6, 6.07) is 21.0. The zero-order valence-electron chi connectivity index (χ0n) is 20.3. The van der Waals surface area contributed by atoms with Crippen molar-refractivity contribution >= 4 is 39.8 Å². The Hall–Kier alpha value is -3.83. The zero-order chi connectivity index (χ0) is 26.2. The molecule has 0 saturated carbocycles. The molecule has 0 radical (unpaired) electrons. The van der Waals surface area contributed by atoms with Gasteiger partial charge in [0.15, 0.2) is 22.5 Å². The SMILES string of the molecule is COc1cc(OC)c(OC)cc1C=NNC(=O)CSc1nnc(-c2ccc(Br)cc2)n1-c1ccccc1. The van der Waals surface area contributed by atoms with Crippen molar-refractivity contribution < 1.29 is 19.0 Å². The van der Waals surface area contributed by atoms with Gasteiger partial charge in [0, 0.05) is 27.4 Å². The maximum atomic E-state index is 12.6. The van der Waals surface area contributed by atoms with Crippen molar-refractivity contribution in [3.05, 3.63) is 76.8 Å². The van der Waals surface area contributed by atoms with Crippen LogP contribution >= 0.6 is 27.7 Å². The van der Waals surface area contributed by atoms with E-state index in [0.717, 1.165) is 15.7 Å². The van der Waals surface area contributed by atoms with Crippen LogP contribution in [0.25, 0.3) is 17.1 Å². The summed E-state index contributed by atoms with van der Waals surface area (Å²) < 4.78 is 18.9. The number of carbonyl (C=O) groups excluding carboxylic acids is 1. The molecule has 0 aliphatic rings. The molecule has 0 fully saturated rings. The molecular formula is C26H24BrN5O4S. The third kappa shape index (κ3) is 6.30. The number of hydrogen-bond acceptors (Lipinski definition) is 8. The number of benzene rings is 3. The summed E-state index contributed by atoms with van der Waals surface area (Å²) in [6.07, 6.45) is 1.49. The van der Waals surface area contributed by atoms with E-state index in [2.05, 4.69) is 36.7 Å². The average Bonchev–Trinajstić information content (AvgIpc) is 3.36. The fraction of sp³-hybridized carbons (Fsp3) is 0.154. The molecular weight excluding hydrogens is 558 g/mol. The first-order valence-corrected chi connectivity index (χ1v) is 12.8. The summed E-state index contributed by atoms with van der Waals surface area (Å²) >= 11 is 4.73. The van der Waals surface area contributed by atoms with E-state index in [1.807, 2.05) is 59.2 Å². The van der Waals surface area contributed by atoms with E-state index < -0.39 is 0 Å². The lowest BCUT2D eigenvalue weighted by molar-refractivity contribution is -0.118. The van der Waals surface area contributed by atoms with Crippen molar-refractivity contribution in [2.24, 2.45) is 5.10 Å². The highest BCUT2D eigenvalue weighted by Crippen LogP contribution is 2.34. The minimum atomic E-state index is -0.298. The van der Waals surface area contributed by atoms with Gasteiger partial charge < -0.3 is 14.2 Å². The Kier molecular flexibility index (Phi) is 8.81. The Labute approximate surface area is 227 Å². The summed E-state index contributed by atoms with van der Waals surface area (Å²) in [6.45, 7) is 0. The van der Waals surface area contributed by atoms with E-state index in [9.17, 15) is 4.79 Å². The molecule has 1 N–H and O–H groups in total. The molecule has 0 bridgehead atoms. The third-order valence-corrected chi connectivity index (χ3v) is 6.67. The molecule has 1 heterocycles. The van der Waals surface area contributed by atoms with Crippen molar-refractivity contribution in [3.8, 4) is 34.3 Å². The first kappa shape index (κ1) is 26.2. The Balaban J connectivity index is 1.48. The number of halogens is 1. The Morgan fingerprint density at radius 3 is 2.32 bits per heavy atom. The smallest absolute Gasteiger partial charge is 0.250 e. The normalized spacial score (nSPS) is 10.9. The van der Waals surface area contributed by atoms with Crippen LogP contribution in [-0.4, -0.2) is 54.0 Å². The molecule has 0 aliphatic carbocycles. The summed E-state index contributed by atoms with van der Waals surface area (Å²) in [5.41, 5.74) is 4.97. The van der Waals surface area contributed by atoms with Gasteiger partial charge in [0.25, 0.3) is 5.91 Å². The summed E-state index contributed by atoms with van der Waals surface area (Å²) in [5, 5.41) is 13.4. The zero-order valence-corrected chi connectivity index (χ0v) is 22.7. The molecule has 4 rings (SSSR count). The summed E-state index contributed by atoms with van der Waals surface area (Å²) in [4.78, 5) is 12.6. The Bertz CT molecular complexity index is 1390.